The molecule has 0 aromatic heterocycles. The third-order valence-corrected chi connectivity index (χ3v) is 9.77. The first-order valence-electron chi connectivity index (χ1n) is 16.3. The number of benzene rings is 4. The SMILES string of the molecule is CCOc1cc(/C=N\N(c2ccccc2)c2ccccc2)ccc1OCC(=O)Nc1ccc(C23CC4CC(CC(C4)C2)C3)cc1. The van der Waals surface area contributed by atoms with Crippen LogP contribution in [0.15, 0.2) is 108 Å². The van der Waals surface area contributed by atoms with Crippen LogP contribution in [0, 0.1) is 17.8 Å². The Labute approximate surface area is 266 Å². The van der Waals surface area contributed by atoms with E-state index in [2.05, 4.69) is 29.6 Å². The van der Waals surface area contributed by atoms with Crippen LogP contribution in [-0.2, 0) is 10.2 Å². The van der Waals surface area contributed by atoms with Gasteiger partial charge in [-0.25, -0.2) is 5.01 Å². The van der Waals surface area contributed by atoms with Gasteiger partial charge >= 0.3 is 0 Å². The van der Waals surface area contributed by atoms with Crippen LogP contribution >= 0.6 is 0 Å². The summed E-state index contributed by atoms with van der Waals surface area (Å²) in [6.45, 7) is 2.29. The topological polar surface area (TPSA) is 63.2 Å². The Balaban J connectivity index is 0.992. The minimum absolute atomic E-state index is 0.111. The lowest BCUT2D eigenvalue weighted by Gasteiger charge is -2.57. The standard InChI is InChI=1S/C39H41N3O3/c1-2-44-37-22-28(26-40-42(34-9-5-3-6-10-34)35-11-7-4-8-12-35)13-18-36(37)45-27-38(43)41-33-16-14-32(15-17-33)39-23-29-19-30(24-39)21-31(20-29)25-39/h3-18,22,26,29-31H,2,19-21,23-25,27H2,1H3,(H,41,43)/b40-26-. The van der Waals surface area contributed by atoms with Crippen LogP contribution in [0.5, 0.6) is 11.5 Å². The molecule has 4 aromatic carbocycles. The van der Waals surface area contributed by atoms with E-state index in [4.69, 9.17) is 14.6 Å². The highest BCUT2D eigenvalue weighted by atomic mass is 16.5. The molecule has 1 amide bonds. The Hall–Kier alpha value is -4.58. The van der Waals surface area contributed by atoms with E-state index >= 15 is 0 Å². The Kier molecular flexibility index (Phi) is 8.29. The number of hydrogen-bond acceptors (Lipinski definition) is 5. The molecule has 45 heavy (non-hydrogen) atoms. The zero-order valence-corrected chi connectivity index (χ0v) is 25.9. The van der Waals surface area contributed by atoms with Crippen LogP contribution in [0.4, 0.5) is 17.1 Å². The monoisotopic (exact) mass is 599 g/mol. The fraction of sp³-hybridized carbons (Fsp3) is 0.333. The van der Waals surface area contributed by atoms with Gasteiger partial charge < -0.3 is 14.8 Å². The molecule has 0 heterocycles. The normalized spacial score (nSPS) is 23.2. The van der Waals surface area contributed by atoms with Gasteiger partial charge in [-0.15, -0.1) is 0 Å². The number of para-hydroxylation sites is 2. The van der Waals surface area contributed by atoms with Gasteiger partial charge in [-0.3, -0.25) is 4.79 Å². The van der Waals surface area contributed by atoms with E-state index in [1.165, 1.54) is 44.1 Å². The molecule has 0 spiro atoms. The van der Waals surface area contributed by atoms with E-state index in [1.807, 2.05) is 90.8 Å². The lowest BCUT2D eigenvalue weighted by molar-refractivity contribution is -0.118. The van der Waals surface area contributed by atoms with E-state index in [0.717, 1.165) is 40.4 Å². The fourth-order valence-electron chi connectivity index (χ4n) is 8.25. The quantitative estimate of drug-likeness (QED) is 0.138. The van der Waals surface area contributed by atoms with Crippen molar-refractivity contribution < 1.29 is 14.3 Å². The molecule has 0 saturated heterocycles. The van der Waals surface area contributed by atoms with Crippen molar-refractivity contribution in [3.63, 3.8) is 0 Å². The molecular weight excluding hydrogens is 558 g/mol. The Morgan fingerprint density at radius 1 is 0.800 bits per heavy atom. The third kappa shape index (κ3) is 6.46. The number of amides is 1. The molecule has 4 aliphatic carbocycles. The summed E-state index contributed by atoms with van der Waals surface area (Å²) in [7, 11) is 0. The van der Waals surface area contributed by atoms with Crippen molar-refractivity contribution in [2.75, 3.05) is 23.5 Å². The number of nitrogens with one attached hydrogen (secondary N) is 1. The number of hydrazone groups is 1. The van der Waals surface area contributed by atoms with Crippen molar-refractivity contribution in [2.45, 2.75) is 50.9 Å². The largest absolute Gasteiger partial charge is 0.490 e. The van der Waals surface area contributed by atoms with Crippen molar-refractivity contribution in [3.8, 4) is 11.5 Å². The van der Waals surface area contributed by atoms with Crippen molar-refractivity contribution in [1.29, 1.82) is 0 Å². The van der Waals surface area contributed by atoms with E-state index in [0.29, 0.717) is 23.5 Å². The molecule has 0 unspecified atom stereocenters. The van der Waals surface area contributed by atoms with E-state index < -0.39 is 0 Å². The van der Waals surface area contributed by atoms with Gasteiger partial charge in [-0.1, -0.05) is 48.5 Å². The molecule has 4 aliphatic rings. The number of nitrogens with zero attached hydrogens (tertiary/aromatic N) is 2. The van der Waals surface area contributed by atoms with Gasteiger partial charge in [0.25, 0.3) is 5.91 Å². The van der Waals surface area contributed by atoms with Crippen molar-refractivity contribution in [3.05, 3.63) is 114 Å². The number of hydrogen-bond donors (Lipinski definition) is 1. The summed E-state index contributed by atoms with van der Waals surface area (Å²) in [5.41, 5.74) is 5.38. The maximum absolute atomic E-state index is 12.9. The number of anilines is 3. The zero-order valence-electron chi connectivity index (χ0n) is 25.9. The van der Waals surface area contributed by atoms with Gasteiger partial charge in [-0.2, -0.15) is 5.10 Å². The fourth-order valence-corrected chi connectivity index (χ4v) is 8.25. The Morgan fingerprint density at radius 3 is 1.98 bits per heavy atom. The van der Waals surface area contributed by atoms with Gasteiger partial charge in [0.05, 0.1) is 24.2 Å². The summed E-state index contributed by atoms with van der Waals surface area (Å²) in [4.78, 5) is 12.9. The summed E-state index contributed by atoms with van der Waals surface area (Å²) in [6.07, 6.45) is 10.1. The van der Waals surface area contributed by atoms with Gasteiger partial charge in [0.15, 0.2) is 18.1 Å². The van der Waals surface area contributed by atoms with Gasteiger partial charge in [0.1, 0.15) is 0 Å². The molecule has 8 rings (SSSR count). The third-order valence-electron chi connectivity index (χ3n) is 9.77. The number of ether oxygens (including phenoxy) is 2. The van der Waals surface area contributed by atoms with Crippen molar-refractivity contribution in [1.82, 2.24) is 0 Å². The molecule has 0 radical (unpaired) electrons. The Bertz CT molecular complexity index is 1560. The molecule has 6 heteroatoms. The summed E-state index contributed by atoms with van der Waals surface area (Å²) in [5.74, 6) is 3.62. The first-order valence-corrected chi connectivity index (χ1v) is 16.3. The minimum atomic E-state index is -0.202. The second-order valence-corrected chi connectivity index (χ2v) is 13.0. The van der Waals surface area contributed by atoms with Gasteiger partial charge in [0.2, 0.25) is 0 Å². The molecule has 1 N–H and O–H groups in total. The molecular formula is C39H41N3O3. The first-order chi connectivity index (χ1) is 22.1. The van der Waals surface area contributed by atoms with Crippen LogP contribution in [-0.4, -0.2) is 25.3 Å². The highest BCUT2D eigenvalue weighted by molar-refractivity contribution is 5.92. The number of carbonyl (C=O) groups excluding carboxylic acids is 1. The summed E-state index contributed by atoms with van der Waals surface area (Å²) >= 11 is 0. The average molecular weight is 600 g/mol. The minimum Gasteiger partial charge on any atom is -0.490 e. The second-order valence-electron chi connectivity index (χ2n) is 13.0. The van der Waals surface area contributed by atoms with Gasteiger partial charge in [-0.05, 0) is 134 Å². The highest BCUT2D eigenvalue weighted by Crippen LogP contribution is 2.60. The molecule has 4 saturated carbocycles. The maximum Gasteiger partial charge on any atom is 0.262 e. The number of carbonyl (C=O) groups is 1. The van der Waals surface area contributed by atoms with Crippen LogP contribution < -0.4 is 19.8 Å². The van der Waals surface area contributed by atoms with Gasteiger partial charge in [0, 0.05) is 5.69 Å². The van der Waals surface area contributed by atoms with E-state index in [1.54, 1.807) is 6.21 Å². The molecule has 0 aliphatic heterocycles. The average Bonchev–Trinajstić information content (AvgIpc) is 3.05. The first kappa shape index (κ1) is 29.1. The molecule has 230 valence electrons. The predicted octanol–water partition coefficient (Wildman–Crippen LogP) is 8.74. The maximum atomic E-state index is 12.9. The molecule has 4 fully saturated rings. The molecule has 6 nitrogen and oxygen atoms in total. The number of rotatable bonds is 11. The van der Waals surface area contributed by atoms with E-state index in [-0.39, 0.29) is 12.5 Å². The summed E-state index contributed by atoms with van der Waals surface area (Å²) in [6, 6.07) is 34.3. The smallest absolute Gasteiger partial charge is 0.262 e. The van der Waals surface area contributed by atoms with Crippen LogP contribution in [0.1, 0.15) is 56.6 Å². The lowest BCUT2D eigenvalue weighted by atomic mass is 9.48. The summed E-state index contributed by atoms with van der Waals surface area (Å²) < 4.78 is 11.8. The molecule has 4 bridgehead atoms. The lowest BCUT2D eigenvalue weighted by Crippen LogP contribution is -2.48. The second kappa shape index (κ2) is 12.8. The molecule has 4 aromatic rings. The van der Waals surface area contributed by atoms with Crippen LogP contribution in [0.2, 0.25) is 0 Å². The molecule has 0 atom stereocenters. The van der Waals surface area contributed by atoms with Crippen LogP contribution in [0.3, 0.4) is 0 Å². The van der Waals surface area contributed by atoms with Crippen molar-refractivity contribution in [2.24, 2.45) is 22.9 Å². The van der Waals surface area contributed by atoms with E-state index in [9.17, 15) is 4.79 Å². The predicted molar refractivity (Wildman–Crippen MR) is 181 cm³/mol. The van der Waals surface area contributed by atoms with Crippen molar-refractivity contribution >= 4 is 29.2 Å². The summed E-state index contributed by atoms with van der Waals surface area (Å²) in [5, 5.41) is 9.69. The zero-order chi connectivity index (χ0) is 30.6. The van der Waals surface area contributed by atoms with Crippen LogP contribution in [0.25, 0.3) is 0 Å². The Morgan fingerprint density at radius 2 is 1.40 bits per heavy atom. The highest BCUT2D eigenvalue weighted by Gasteiger charge is 2.51.